The van der Waals surface area contributed by atoms with Crippen LogP contribution in [-0.2, 0) is 36.8 Å². The predicted molar refractivity (Wildman–Crippen MR) is 179 cm³/mol. The van der Waals surface area contributed by atoms with Gasteiger partial charge < -0.3 is 30.1 Å². The van der Waals surface area contributed by atoms with Gasteiger partial charge in [-0.15, -0.1) is 0 Å². The van der Waals surface area contributed by atoms with Crippen molar-refractivity contribution in [2.24, 2.45) is 5.92 Å². The van der Waals surface area contributed by atoms with Crippen LogP contribution in [0.2, 0.25) is 0 Å². The first-order chi connectivity index (χ1) is 23.4. The third kappa shape index (κ3) is 7.44. The van der Waals surface area contributed by atoms with E-state index in [4.69, 9.17) is 9.47 Å². The van der Waals surface area contributed by atoms with Gasteiger partial charge >= 0.3 is 12.1 Å². The van der Waals surface area contributed by atoms with Crippen molar-refractivity contribution < 1.29 is 33.8 Å². The summed E-state index contributed by atoms with van der Waals surface area (Å²) in [5.41, 5.74) is 6.59. The number of carbonyl (C=O) groups excluding carboxylic acids is 4. The Morgan fingerprint density at radius 1 is 0.938 bits per heavy atom. The van der Waals surface area contributed by atoms with E-state index in [1.165, 1.54) is 0 Å². The number of fused-ring (bicyclic) bond motifs is 4. The maximum Gasteiger partial charge on any atom is 0.407 e. The van der Waals surface area contributed by atoms with E-state index in [1.54, 1.807) is 4.90 Å². The molecule has 0 aromatic heterocycles. The number of amides is 3. The molecule has 250 valence electrons. The number of hydrogen-bond acceptors (Lipinski definition) is 7. The Labute approximate surface area is 280 Å². The monoisotopic (exact) mass is 651 g/mol. The Kier molecular flexibility index (Phi) is 10.5. The number of esters is 1. The van der Waals surface area contributed by atoms with Gasteiger partial charge in [-0.3, -0.25) is 9.59 Å². The van der Waals surface area contributed by atoms with Crippen molar-refractivity contribution in [3.63, 3.8) is 0 Å². The van der Waals surface area contributed by atoms with Crippen molar-refractivity contribution in [2.45, 2.75) is 56.7 Å². The second kappa shape index (κ2) is 15.3. The van der Waals surface area contributed by atoms with Crippen LogP contribution in [0.1, 0.15) is 53.9 Å². The molecule has 48 heavy (non-hydrogen) atoms. The number of aliphatic hydroxyl groups is 1. The molecule has 0 saturated carbocycles. The topological polar surface area (TPSA) is 134 Å². The second-order valence-corrected chi connectivity index (χ2v) is 12.5. The normalized spacial score (nSPS) is 21.3. The Hall–Kier alpha value is -4.96. The Morgan fingerprint density at radius 3 is 2.35 bits per heavy atom. The summed E-state index contributed by atoms with van der Waals surface area (Å²) >= 11 is 0. The average molecular weight is 652 g/mol. The van der Waals surface area contributed by atoms with Crippen LogP contribution < -0.4 is 10.6 Å². The van der Waals surface area contributed by atoms with Crippen LogP contribution in [0, 0.1) is 5.92 Å². The van der Waals surface area contributed by atoms with Crippen LogP contribution >= 0.6 is 0 Å². The van der Waals surface area contributed by atoms with Gasteiger partial charge in [-0.05, 0) is 59.1 Å². The third-order valence-corrected chi connectivity index (χ3v) is 9.45. The number of allylic oxidation sites excluding steroid dienone is 2. The quantitative estimate of drug-likeness (QED) is 0.268. The van der Waals surface area contributed by atoms with Gasteiger partial charge in [-0.25, -0.2) is 9.59 Å². The second-order valence-electron chi connectivity index (χ2n) is 12.5. The average Bonchev–Trinajstić information content (AvgIpc) is 3.43. The summed E-state index contributed by atoms with van der Waals surface area (Å²) in [6, 6.07) is 22.7. The highest BCUT2D eigenvalue weighted by atomic mass is 16.6. The Balaban J connectivity index is 1.04. The number of nitrogens with one attached hydrogen (secondary N) is 2. The van der Waals surface area contributed by atoms with Gasteiger partial charge in [0.2, 0.25) is 11.8 Å². The molecule has 3 unspecified atom stereocenters. The summed E-state index contributed by atoms with van der Waals surface area (Å²) in [4.78, 5) is 54.1. The van der Waals surface area contributed by atoms with E-state index in [0.717, 1.165) is 33.4 Å². The number of ether oxygens (including phenoxy) is 2. The van der Waals surface area contributed by atoms with Gasteiger partial charge in [0.15, 0.2) is 0 Å². The molecule has 3 N–H and O–H groups in total. The number of alkyl carbamates (subject to hydrolysis) is 1. The molecule has 10 heteroatoms. The first kappa shape index (κ1) is 33.0. The van der Waals surface area contributed by atoms with Gasteiger partial charge in [-0.2, -0.15) is 0 Å². The first-order valence-corrected chi connectivity index (χ1v) is 16.6. The number of aliphatic hydroxyl groups excluding tert-OH is 1. The van der Waals surface area contributed by atoms with E-state index >= 15 is 0 Å². The maximum atomic E-state index is 13.5. The number of hydrogen-bond donors (Lipinski definition) is 3. The van der Waals surface area contributed by atoms with Crippen molar-refractivity contribution in [1.29, 1.82) is 0 Å². The molecule has 10 nitrogen and oxygen atoms in total. The lowest BCUT2D eigenvalue weighted by Gasteiger charge is -2.36. The first-order valence-electron chi connectivity index (χ1n) is 16.6. The van der Waals surface area contributed by atoms with Gasteiger partial charge in [0, 0.05) is 18.9 Å². The summed E-state index contributed by atoms with van der Waals surface area (Å²) in [7, 11) is 0. The molecule has 3 atom stereocenters. The molecule has 0 bridgehead atoms. The van der Waals surface area contributed by atoms with Crippen molar-refractivity contribution in [1.82, 2.24) is 15.5 Å². The fourth-order valence-corrected chi connectivity index (χ4v) is 6.90. The fourth-order valence-electron chi connectivity index (χ4n) is 6.90. The molecule has 0 spiro atoms. The van der Waals surface area contributed by atoms with Crippen LogP contribution in [-0.4, -0.2) is 72.3 Å². The fraction of sp³-hybridized carbons (Fsp3) is 0.368. The van der Waals surface area contributed by atoms with Crippen LogP contribution in [0.4, 0.5) is 4.79 Å². The van der Waals surface area contributed by atoms with Crippen molar-refractivity contribution in [2.75, 3.05) is 26.4 Å². The van der Waals surface area contributed by atoms with Crippen molar-refractivity contribution in [3.8, 4) is 11.1 Å². The van der Waals surface area contributed by atoms with Crippen molar-refractivity contribution in [3.05, 3.63) is 107 Å². The van der Waals surface area contributed by atoms with Gasteiger partial charge in [-0.1, -0.05) is 84.9 Å². The highest BCUT2D eigenvalue weighted by molar-refractivity contribution is 5.86. The van der Waals surface area contributed by atoms with Crippen molar-refractivity contribution >= 4 is 23.9 Å². The van der Waals surface area contributed by atoms with E-state index in [9.17, 15) is 24.3 Å². The molecule has 1 aliphatic carbocycles. The minimum atomic E-state index is -0.934. The minimum absolute atomic E-state index is 0.0133. The zero-order chi connectivity index (χ0) is 33.5. The van der Waals surface area contributed by atoms with E-state index in [-0.39, 0.29) is 63.0 Å². The molecule has 0 radical (unpaired) electrons. The zero-order valence-electron chi connectivity index (χ0n) is 26.8. The summed E-state index contributed by atoms with van der Waals surface area (Å²) in [5.74, 6) is -1.86. The molecule has 3 aromatic carbocycles. The Bertz CT molecular complexity index is 1640. The minimum Gasteiger partial charge on any atom is -0.462 e. The van der Waals surface area contributed by atoms with Gasteiger partial charge in [0.25, 0.3) is 0 Å². The van der Waals surface area contributed by atoms with E-state index in [2.05, 4.69) is 22.8 Å². The molecule has 3 amide bonds. The molecule has 6 rings (SSSR count). The lowest BCUT2D eigenvalue weighted by atomic mass is 9.92. The van der Waals surface area contributed by atoms with Crippen LogP contribution in [0.25, 0.3) is 11.1 Å². The van der Waals surface area contributed by atoms with E-state index in [0.29, 0.717) is 25.8 Å². The molecule has 0 fully saturated rings. The molecule has 3 aromatic rings. The van der Waals surface area contributed by atoms with Gasteiger partial charge in [0.1, 0.15) is 19.3 Å². The number of carbonyl (C=O) groups is 4. The van der Waals surface area contributed by atoms with E-state index < -0.39 is 24.0 Å². The molecular formula is C38H41N3O7. The predicted octanol–water partition coefficient (Wildman–Crippen LogP) is 4.25. The lowest BCUT2D eigenvalue weighted by molar-refractivity contribution is -0.146. The van der Waals surface area contributed by atoms with Gasteiger partial charge in [0.05, 0.1) is 25.1 Å². The lowest BCUT2D eigenvalue weighted by Crippen LogP contribution is -2.47. The standard InChI is InChI=1S/C38H41N3O7/c42-23-28-20-25-10-4-5-12-27(25)22-41(28)35(43)21-26-11-2-1-3-17-34(37(45)47-19-18-39-36(26)44)40-38(46)48-24-33-31-15-8-6-13-29(31)30-14-7-9-16-32(30)33/h1-2,4-10,12-16,26,28,33-34,42H,3,11,17-24H2,(H,39,44)(H,40,46). The van der Waals surface area contributed by atoms with Crippen LogP contribution in [0.5, 0.6) is 0 Å². The van der Waals surface area contributed by atoms with E-state index in [1.807, 2.05) is 72.8 Å². The maximum absolute atomic E-state index is 13.5. The largest absolute Gasteiger partial charge is 0.462 e. The van der Waals surface area contributed by atoms with Crippen LogP contribution in [0.15, 0.2) is 84.9 Å². The SMILES string of the molecule is O=C(NC1CCC=CCC(CC(=O)N2Cc3ccccc3CC2CO)C(=O)NCCOC1=O)OCC1c2ccccc2-c2ccccc21. The summed E-state index contributed by atoms with van der Waals surface area (Å²) in [5, 5.41) is 15.5. The summed E-state index contributed by atoms with van der Waals surface area (Å²) in [6.07, 6.45) is 4.55. The smallest absolute Gasteiger partial charge is 0.407 e. The van der Waals surface area contributed by atoms with Crippen LogP contribution in [0.3, 0.4) is 0 Å². The number of benzene rings is 3. The summed E-state index contributed by atoms with van der Waals surface area (Å²) < 4.78 is 11.1. The highest BCUT2D eigenvalue weighted by Gasteiger charge is 2.33. The number of rotatable bonds is 6. The molecule has 2 heterocycles. The summed E-state index contributed by atoms with van der Waals surface area (Å²) in [6.45, 7) is 0.326. The molecule has 2 aliphatic heterocycles. The third-order valence-electron chi connectivity index (χ3n) is 9.45. The molecule has 0 saturated heterocycles. The molecular weight excluding hydrogens is 610 g/mol. The molecule has 3 aliphatic rings. The number of nitrogens with zero attached hydrogens (tertiary/aromatic N) is 1. The highest BCUT2D eigenvalue weighted by Crippen LogP contribution is 2.44. The zero-order valence-corrected chi connectivity index (χ0v) is 26.8. The Morgan fingerprint density at radius 2 is 1.62 bits per heavy atom. The number of cyclic esters (lactones) is 1.